The molecule has 0 aliphatic carbocycles. The topological polar surface area (TPSA) is 70.9 Å². The van der Waals surface area contributed by atoms with Crippen LogP contribution in [0.5, 0.6) is 5.75 Å². The van der Waals surface area contributed by atoms with E-state index in [4.69, 9.17) is 26.1 Å². The third-order valence-corrected chi connectivity index (χ3v) is 4.93. The molecule has 0 saturated carbocycles. The molecule has 0 amide bonds. The van der Waals surface area contributed by atoms with E-state index in [9.17, 15) is 4.79 Å². The Bertz CT molecular complexity index is 832. The number of carbonyl (C=O) groups is 1. The van der Waals surface area contributed by atoms with Crippen LogP contribution in [0, 0.1) is 10.8 Å². The van der Waals surface area contributed by atoms with Crippen molar-refractivity contribution < 1.29 is 23.6 Å². The quantitative estimate of drug-likeness (QED) is 0.575. The van der Waals surface area contributed by atoms with Crippen molar-refractivity contribution in [2.75, 3.05) is 26.3 Å². The minimum absolute atomic E-state index is 0.0621. The number of para-hydroxylation sites is 1. The maximum absolute atomic E-state index is 12.0. The van der Waals surface area contributed by atoms with E-state index >= 15 is 0 Å². The molecule has 1 N–H and O–H groups in total. The molecule has 2 heterocycles. The van der Waals surface area contributed by atoms with Crippen LogP contribution in [-0.2, 0) is 16.2 Å². The molecule has 1 unspecified atom stereocenters. The maximum Gasteiger partial charge on any atom is 0.314 e. The summed E-state index contributed by atoms with van der Waals surface area (Å²) in [6.45, 7) is 7.00. The van der Waals surface area contributed by atoms with Gasteiger partial charge in [-0.15, -0.1) is 5.10 Å². The maximum atomic E-state index is 12.0. The Hall–Kier alpha value is -2.19. The van der Waals surface area contributed by atoms with Crippen molar-refractivity contribution in [3.05, 3.63) is 29.1 Å². The van der Waals surface area contributed by atoms with Gasteiger partial charge in [0.1, 0.15) is 11.7 Å². The number of carbonyl (C=O) groups excluding carboxylic acids is 1. The third-order valence-electron chi connectivity index (χ3n) is 4.63. The second-order valence-electron chi connectivity index (χ2n) is 6.56. The first-order chi connectivity index (χ1) is 13.1. The first-order valence-corrected chi connectivity index (χ1v) is 9.83. The summed E-state index contributed by atoms with van der Waals surface area (Å²) < 4.78 is 18.2. The molecule has 0 radical (unpaired) electrons. The fourth-order valence-electron chi connectivity index (χ4n) is 3.41. The first kappa shape index (κ1) is 19.6. The van der Waals surface area contributed by atoms with E-state index < -0.39 is 0 Å². The fraction of sp³-hybridized carbons (Fsp3) is 0.526. The standard InChI is InChI=1S/C19H25N3O4S/c1-3-24-16-10-6-5-9-15(16)17-20-22(19(27)26-17)13-21-11-7-8-14(12-21)18(23)25-4-2/h5-6,9-10,14H,3-4,7-8,11-13H2,1-2H3/p+1/t14-/m1/s1. The summed E-state index contributed by atoms with van der Waals surface area (Å²) in [4.78, 5) is 13.6. The Morgan fingerprint density at radius 2 is 2.19 bits per heavy atom. The normalized spacial score (nSPS) is 19.6. The number of benzene rings is 1. The first-order valence-electron chi connectivity index (χ1n) is 9.42. The molecule has 146 valence electrons. The molecule has 2 atom stereocenters. The van der Waals surface area contributed by atoms with Crippen LogP contribution < -0.4 is 9.64 Å². The molecule has 1 aromatic heterocycles. The lowest BCUT2D eigenvalue weighted by Crippen LogP contribution is -3.13. The minimum Gasteiger partial charge on any atom is -0.493 e. The summed E-state index contributed by atoms with van der Waals surface area (Å²) in [7, 11) is 0. The van der Waals surface area contributed by atoms with E-state index in [-0.39, 0.29) is 11.9 Å². The van der Waals surface area contributed by atoms with Crippen LogP contribution in [0.15, 0.2) is 28.7 Å². The van der Waals surface area contributed by atoms with Gasteiger partial charge < -0.3 is 18.8 Å². The van der Waals surface area contributed by atoms with Gasteiger partial charge in [0.15, 0.2) is 6.67 Å². The van der Waals surface area contributed by atoms with Crippen molar-refractivity contribution in [3.63, 3.8) is 0 Å². The SMILES string of the molecule is CCOC(=O)[C@@H]1CCC[NH+](Cn2nc(-c3ccccc3OCC)oc2=S)C1. The molecular formula is C19H26N3O4S+. The highest BCUT2D eigenvalue weighted by atomic mass is 32.1. The number of aromatic nitrogens is 2. The average molecular weight is 393 g/mol. The molecule has 1 fully saturated rings. The predicted octanol–water partition coefficient (Wildman–Crippen LogP) is 2.09. The van der Waals surface area contributed by atoms with Gasteiger partial charge in [-0.1, -0.05) is 12.1 Å². The van der Waals surface area contributed by atoms with E-state index in [0.29, 0.717) is 30.6 Å². The molecule has 0 spiro atoms. The second kappa shape index (κ2) is 9.14. The summed E-state index contributed by atoms with van der Waals surface area (Å²) in [5, 5.41) is 4.55. The number of piperidine rings is 1. The number of nitrogens with one attached hydrogen (secondary N) is 1. The van der Waals surface area contributed by atoms with Crippen molar-refractivity contribution in [2.24, 2.45) is 5.92 Å². The lowest BCUT2D eigenvalue weighted by Gasteiger charge is -2.28. The molecule has 2 aromatic rings. The Morgan fingerprint density at radius 3 is 2.96 bits per heavy atom. The summed E-state index contributed by atoms with van der Waals surface area (Å²) in [6, 6.07) is 7.61. The molecule has 0 bridgehead atoms. The van der Waals surface area contributed by atoms with E-state index in [1.807, 2.05) is 38.1 Å². The van der Waals surface area contributed by atoms with Crippen molar-refractivity contribution in [2.45, 2.75) is 33.4 Å². The number of ether oxygens (including phenoxy) is 2. The zero-order chi connectivity index (χ0) is 19.2. The van der Waals surface area contributed by atoms with E-state index in [1.165, 1.54) is 4.90 Å². The van der Waals surface area contributed by atoms with Crippen LogP contribution in [0.2, 0.25) is 0 Å². The highest BCUT2D eigenvalue weighted by Crippen LogP contribution is 2.28. The molecular weight excluding hydrogens is 366 g/mol. The van der Waals surface area contributed by atoms with Crippen LogP contribution in [0.3, 0.4) is 0 Å². The van der Waals surface area contributed by atoms with Crippen molar-refractivity contribution in [1.82, 2.24) is 9.78 Å². The predicted molar refractivity (Wildman–Crippen MR) is 102 cm³/mol. The summed E-state index contributed by atoms with van der Waals surface area (Å²) in [5.41, 5.74) is 0.780. The molecule has 1 saturated heterocycles. The molecule has 1 aliphatic rings. The number of hydrogen-bond donors (Lipinski definition) is 1. The Balaban J connectivity index is 1.74. The van der Waals surface area contributed by atoms with Crippen molar-refractivity contribution in [3.8, 4) is 17.2 Å². The molecule has 3 rings (SSSR count). The fourth-order valence-corrected chi connectivity index (χ4v) is 3.59. The lowest BCUT2D eigenvalue weighted by molar-refractivity contribution is -0.930. The number of quaternary nitrogens is 1. The van der Waals surface area contributed by atoms with Gasteiger partial charge in [0.2, 0.25) is 0 Å². The zero-order valence-electron chi connectivity index (χ0n) is 15.8. The van der Waals surface area contributed by atoms with Crippen LogP contribution in [0.1, 0.15) is 26.7 Å². The molecule has 7 nitrogen and oxygen atoms in total. The zero-order valence-corrected chi connectivity index (χ0v) is 16.6. The smallest absolute Gasteiger partial charge is 0.314 e. The monoisotopic (exact) mass is 392 g/mol. The largest absolute Gasteiger partial charge is 0.493 e. The van der Waals surface area contributed by atoms with Crippen LogP contribution >= 0.6 is 12.2 Å². The van der Waals surface area contributed by atoms with Gasteiger partial charge in [0.25, 0.3) is 10.7 Å². The van der Waals surface area contributed by atoms with Gasteiger partial charge in [-0.25, -0.2) is 0 Å². The Labute approximate surface area is 163 Å². The molecule has 27 heavy (non-hydrogen) atoms. The number of nitrogens with zero attached hydrogens (tertiary/aromatic N) is 2. The van der Waals surface area contributed by atoms with Crippen LogP contribution in [0.25, 0.3) is 11.5 Å². The number of esters is 1. The van der Waals surface area contributed by atoms with Crippen molar-refractivity contribution >= 4 is 18.2 Å². The van der Waals surface area contributed by atoms with E-state index in [2.05, 4.69) is 5.10 Å². The van der Waals surface area contributed by atoms with E-state index in [1.54, 1.807) is 4.68 Å². The van der Waals surface area contributed by atoms with Gasteiger partial charge in [-0.05, 0) is 51.0 Å². The van der Waals surface area contributed by atoms with Gasteiger partial charge >= 0.3 is 5.97 Å². The summed E-state index contributed by atoms with van der Waals surface area (Å²) >= 11 is 5.36. The van der Waals surface area contributed by atoms with Crippen LogP contribution in [0.4, 0.5) is 0 Å². The highest BCUT2D eigenvalue weighted by Gasteiger charge is 2.30. The Kier molecular flexibility index (Phi) is 6.63. The van der Waals surface area contributed by atoms with Crippen LogP contribution in [-0.4, -0.2) is 42.1 Å². The Morgan fingerprint density at radius 1 is 1.37 bits per heavy atom. The molecule has 1 aromatic carbocycles. The van der Waals surface area contributed by atoms with Gasteiger partial charge in [0, 0.05) is 0 Å². The van der Waals surface area contributed by atoms with Gasteiger partial charge in [-0.3, -0.25) is 4.79 Å². The third kappa shape index (κ3) is 4.75. The molecule has 1 aliphatic heterocycles. The van der Waals surface area contributed by atoms with Crippen molar-refractivity contribution in [1.29, 1.82) is 0 Å². The number of likely N-dealkylation sites (tertiary alicyclic amines) is 1. The molecule has 8 heteroatoms. The highest BCUT2D eigenvalue weighted by molar-refractivity contribution is 7.71. The summed E-state index contributed by atoms with van der Waals surface area (Å²) in [5.74, 6) is 0.996. The summed E-state index contributed by atoms with van der Waals surface area (Å²) in [6.07, 6.45) is 1.85. The lowest BCUT2D eigenvalue weighted by atomic mass is 9.99. The minimum atomic E-state index is -0.107. The number of rotatable bonds is 7. The average Bonchev–Trinajstić information content (AvgIpc) is 3.03. The number of hydrogen-bond acceptors (Lipinski definition) is 6. The van der Waals surface area contributed by atoms with Gasteiger partial charge in [-0.2, -0.15) is 4.68 Å². The second-order valence-corrected chi connectivity index (χ2v) is 6.90. The van der Waals surface area contributed by atoms with Gasteiger partial charge in [0.05, 0.1) is 31.9 Å². The van der Waals surface area contributed by atoms with E-state index in [0.717, 1.165) is 37.2 Å².